The van der Waals surface area contributed by atoms with Crippen molar-refractivity contribution in [2.24, 2.45) is 0 Å². The van der Waals surface area contributed by atoms with Gasteiger partial charge in [-0.15, -0.1) is 0 Å². The molecule has 1 aromatic carbocycles. The van der Waals surface area contributed by atoms with E-state index in [9.17, 15) is 4.79 Å². The fourth-order valence-electron chi connectivity index (χ4n) is 1.09. The number of nitrogens with two attached hydrogens (primary N) is 1. The number of unbranched alkanes of at least 4 members (excludes halogenated alkanes) is 1. The molecule has 1 aromatic rings. The second-order valence-electron chi connectivity index (χ2n) is 3.22. The van der Waals surface area contributed by atoms with Crippen LogP contribution in [0, 0.1) is 3.57 Å². The van der Waals surface area contributed by atoms with Crippen LogP contribution in [0.4, 0.5) is 5.69 Å². The van der Waals surface area contributed by atoms with Crippen LogP contribution in [0.2, 0.25) is 0 Å². The van der Waals surface area contributed by atoms with Crippen molar-refractivity contribution in [2.45, 2.75) is 19.8 Å². The number of benzene rings is 1. The van der Waals surface area contributed by atoms with Gasteiger partial charge in [0, 0.05) is 9.26 Å². The third kappa shape index (κ3) is 3.70. The fraction of sp³-hybridized carbons (Fsp3) is 0.364. The van der Waals surface area contributed by atoms with Gasteiger partial charge in [-0.2, -0.15) is 0 Å². The van der Waals surface area contributed by atoms with Gasteiger partial charge in [0.1, 0.15) is 0 Å². The maximum absolute atomic E-state index is 11.6. The van der Waals surface area contributed by atoms with Gasteiger partial charge in [0.15, 0.2) is 0 Å². The highest BCUT2D eigenvalue weighted by Gasteiger charge is 2.10. The molecule has 0 atom stereocenters. The molecule has 0 aromatic heterocycles. The summed E-state index contributed by atoms with van der Waals surface area (Å²) in [5, 5.41) is 0. The Kier molecular flexibility index (Phi) is 4.87. The lowest BCUT2D eigenvalue weighted by Gasteiger charge is -2.06. The molecule has 15 heavy (non-hydrogen) atoms. The molecule has 0 heterocycles. The van der Waals surface area contributed by atoms with E-state index in [1.165, 1.54) is 0 Å². The maximum atomic E-state index is 11.6. The van der Waals surface area contributed by atoms with Gasteiger partial charge in [-0.1, -0.05) is 13.3 Å². The van der Waals surface area contributed by atoms with Crippen molar-refractivity contribution in [1.82, 2.24) is 0 Å². The zero-order chi connectivity index (χ0) is 11.3. The number of carbonyl (C=O) groups excluding carboxylic acids is 1. The molecule has 0 radical (unpaired) electrons. The number of rotatable bonds is 4. The van der Waals surface area contributed by atoms with Crippen molar-refractivity contribution < 1.29 is 9.53 Å². The van der Waals surface area contributed by atoms with E-state index in [1.807, 2.05) is 13.0 Å². The molecule has 3 nitrogen and oxygen atoms in total. The number of halogens is 1. The van der Waals surface area contributed by atoms with Crippen LogP contribution in [0.1, 0.15) is 30.1 Å². The molecular formula is C11H14INO2. The van der Waals surface area contributed by atoms with Crippen LogP contribution in [0.25, 0.3) is 0 Å². The predicted molar refractivity (Wildman–Crippen MR) is 68.8 cm³/mol. The van der Waals surface area contributed by atoms with Crippen LogP contribution in [0.3, 0.4) is 0 Å². The summed E-state index contributed by atoms with van der Waals surface area (Å²) >= 11 is 2.14. The van der Waals surface area contributed by atoms with E-state index < -0.39 is 0 Å². The normalized spacial score (nSPS) is 10.0. The average Bonchev–Trinajstić information content (AvgIpc) is 2.22. The first-order valence-electron chi connectivity index (χ1n) is 4.87. The smallest absolute Gasteiger partial charge is 0.340 e. The van der Waals surface area contributed by atoms with E-state index >= 15 is 0 Å². The van der Waals surface area contributed by atoms with Crippen LogP contribution < -0.4 is 5.73 Å². The number of ether oxygens (including phenoxy) is 1. The van der Waals surface area contributed by atoms with Gasteiger partial charge in [-0.3, -0.25) is 0 Å². The van der Waals surface area contributed by atoms with Gasteiger partial charge in [-0.25, -0.2) is 4.79 Å². The molecule has 0 saturated heterocycles. The highest BCUT2D eigenvalue weighted by Crippen LogP contribution is 2.16. The summed E-state index contributed by atoms with van der Waals surface area (Å²) in [6.45, 7) is 2.51. The van der Waals surface area contributed by atoms with E-state index in [4.69, 9.17) is 10.5 Å². The van der Waals surface area contributed by atoms with Crippen molar-refractivity contribution in [3.05, 3.63) is 27.3 Å². The minimum absolute atomic E-state index is 0.334. The largest absolute Gasteiger partial charge is 0.462 e. The summed E-state index contributed by atoms with van der Waals surface area (Å²) in [6.07, 6.45) is 1.89. The Morgan fingerprint density at radius 2 is 2.27 bits per heavy atom. The van der Waals surface area contributed by atoms with Crippen LogP contribution in [0.5, 0.6) is 0 Å². The first-order valence-corrected chi connectivity index (χ1v) is 5.95. The summed E-state index contributed by atoms with van der Waals surface area (Å²) in [7, 11) is 0. The lowest BCUT2D eigenvalue weighted by molar-refractivity contribution is 0.0501. The molecule has 0 unspecified atom stereocenters. The van der Waals surface area contributed by atoms with E-state index in [0.29, 0.717) is 17.9 Å². The molecular weight excluding hydrogens is 305 g/mol. The molecule has 0 amide bonds. The molecule has 0 saturated carbocycles. The lowest BCUT2D eigenvalue weighted by Crippen LogP contribution is -2.09. The van der Waals surface area contributed by atoms with Crippen LogP contribution in [-0.2, 0) is 4.74 Å². The third-order valence-electron chi connectivity index (χ3n) is 1.97. The summed E-state index contributed by atoms with van der Waals surface area (Å²) in [5.41, 5.74) is 6.62. The van der Waals surface area contributed by atoms with E-state index in [-0.39, 0.29) is 5.97 Å². The SMILES string of the molecule is CCCCOC(=O)c1cc(I)ccc1N. The zero-order valence-corrected chi connectivity index (χ0v) is 10.8. The number of esters is 1. The Hall–Kier alpha value is -0.780. The molecule has 0 fully saturated rings. The Balaban J connectivity index is 2.68. The standard InChI is InChI=1S/C11H14INO2/c1-2-3-6-15-11(14)9-7-8(12)4-5-10(9)13/h4-5,7H,2-3,6,13H2,1H3. The molecule has 0 aliphatic rings. The minimum Gasteiger partial charge on any atom is -0.462 e. The molecule has 82 valence electrons. The highest BCUT2D eigenvalue weighted by molar-refractivity contribution is 14.1. The Labute approximate surface area is 103 Å². The van der Waals surface area contributed by atoms with Crippen LogP contribution in [-0.4, -0.2) is 12.6 Å². The van der Waals surface area contributed by atoms with Crippen LogP contribution in [0.15, 0.2) is 18.2 Å². The first kappa shape index (κ1) is 12.3. The van der Waals surface area contributed by atoms with Gasteiger partial charge in [0.05, 0.1) is 12.2 Å². The fourth-order valence-corrected chi connectivity index (χ4v) is 1.58. The summed E-state index contributed by atoms with van der Waals surface area (Å²) in [4.78, 5) is 11.6. The second kappa shape index (κ2) is 5.95. The van der Waals surface area contributed by atoms with Gasteiger partial charge >= 0.3 is 5.97 Å². The maximum Gasteiger partial charge on any atom is 0.340 e. The zero-order valence-electron chi connectivity index (χ0n) is 8.63. The summed E-state index contributed by atoms with van der Waals surface area (Å²) < 4.78 is 6.06. The van der Waals surface area contributed by atoms with E-state index in [2.05, 4.69) is 22.6 Å². The average molecular weight is 319 g/mol. The number of hydrogen-bond acceptors (Lipinski definition) is 3. The topological polar surface area (TPSA) is 52.3 Å². The van der Waals surface area contributed by atoms with E-state index in [1.54, 1.807) is 12.1 Å². The van der Waals surface area contributed by atoms with Gasteiger partial charge in [0.25, 0.3) is 0 Å². The van der Waals surface area contributed by atoms with Crippen molar-refractivity contribution in [3.63, 3.8) is 0 Å². The van der Waals surface area contributed by atoms with Crippen molar-refractivity contribution in [2.75, 3.05) is 12.3 Å². The van der Waals surface area contributed by atoms with Crippen molar-refractivity contribution >= 4 is 34.2 Å². The molecule has 2 N–H and O–H groups in total. The first-order chi connectivity index (χ1) is 7.15. The predicted octanol–water partition coefficient (Wildman–Crippen LogP) is 2.83. The molecule has 0 spiro atoms. The quantitative estimate of drug-likeness (QED) is 0.402. The van der Waals surface area contributed by atoms with Gasteiger partial charge < -0.3 is 10.5 Å². The number of nitrogen functional groups attached to an aromatic ring is 1. The van der Waals surface area contributed by atoms with Gasteiger partial charge in [0.2, 0.25) is 0 Å². The number of anilines is 1. The van der Waals surface area contributed by atoms with Crippen molar-refractivity contribution in [3.8, 4) is 0 Å². The third-order valence-corrected chi connectivity index (χ3v) is 2.64. The Morgan fingerprint density at radius 1 is 1.53 bits per heavy atom. The van der Waals surface area contributed by atoms with Crippen molar-refractivity contribution in [1.29, 1.82) is 0 Å². The molecule has 4 heteroatoms. The summed E-state index contributed by atoms with van der Waals surface area (Å²) in [6, 6.07) is 5.32. The highest BCUT2D eigenvalue weighted by atomic mass is 127. The lowest BCUT2D eigenvalue weighted by atomic mass is 10.2. The molecule has 0 bridgehead atoms. The minimum atomic E-state index is -0.334. The Bertz CT molecular complexity index is 352. The number of hydrogen-bond donors (Lipinski definition) is 1. The molecule has 0 aliphatic heterocycles. The number of carbonyl (C=O) groups is 1. The van der Waals surface area contributed by atoms with Crippen LogP contribution >= 0.6 is 22.6 Å². The molecule has 0 aliphatic carbocycles. The van der Waals surface area contributed by atoms with E-state index in [0.717, 1.165) is 16.4 Å². The monoisotopic (exact) mass is 319 g/mol. The summed E-state index contributed by atoms with van der Waals surface area (Å²) in [5.74, 6) is -0.334. The molecule has 1 rings (SSSR count). The van der Waals surface area contributed by atoms with Gasteiger partial charge in [-0.05, 0) is 47.2 Å². The second-order valence-corrected chi connectivity index (χ2v) is 4.47. The Morgan fingerprint density at radius 3 is 2.93 bits per heavy atom.